The van der Waals surface area contributed by atoms with Crippen molar-refractivity contribution in [3.05, 3.63) is 22.7 Å². The molecule has 0 aromatic carbocycles. The minimum absolute atomic E-state index is 0.279. The second-order valence-electron chi connectivity index (χ2n) is 2.14. The quantitative estimate of drug-likeness (QED) is 0.702. The van der Waals surface area contributed by atoms with Crippen LogP contribution in [0.2, 0.25) is 5.15 Å². The lowest BCUT2D eigenvalue weighted by Crippen LogP contribution is -1.99. The van der Waals surface area contributed by atoms with Crippen LogP contribution in [0.5, 0.6) is 5.75 Å². The number of halogens is 4. The molecule has 0 saturated heterocycles. The molecule has 0 aliphatic rings. The Labute approximate surface area is 77.3 Å². The van der Waals surface area contributed by atoms with Crippen LogP contribution >= 0.6 is 11.6 Å². The van der Waals surface area contributed by atoms with Crippen molar-refractivity contribution >= 4 is 11.6 Å². The maximum Gasteiger partial charge on any atom is 0.270 e. The van der Waals surface area contributed by atoms with Crippen molar-refractivity contribution < 1.29 is 17.9 Å². The lowest BCUT2D eigenvalue weighted by atomic mass is 10.2. The van der Waals surface area contributed by atoms with E-state index in [4.69, 9.17) is 11.6 Å². The Hall–Kier alpha value is -0.970. The highest BCUT2D eigenvalue weighted by Crippen LogP contribution is 2.35. The number of methoxy groups -OCH3 is 1. The summed E-state index contributed by atoms with van der Waals surface area (Å²) >= 11 is 5.41. The number of hydrogen-bond donors (Lipinski definition) is 0. The number of alkyl halides is 2. The summed E-state index contributed by atoms with van der Waals surface area (Å²) in [5.41, 5.74) is -0.859. The third-order valence-electron chi connectivity index (χ3n) is 1.40. The van der Waals surface area contributed by atoms with Crippen LogP contribution in [0.1, 0.15) is 12.0 Å². The van der Waals surface area contributed by atoms with E-state index < -0.39 is 23.6 Å². The number of hydrogen-bond acceptors (Lipinski definition) is 2. The monoisotopic (exact) mass is 211 g/mol. The molecule has 0 spiro atoms. The van der Waals surface area contributed by atoms with Crippen molar-refractivity contribution in [1.82, 2.24) is 4.98 Å². The smallest absolute Gasteiger partial charge is 0.270 e. The Morgan fingerprint density at radius 2 is 2.15 bits per heavy atom. The van der Waals surface area contributed by atoms with Crippen LogP contribution in [0.4, 0.5) is 13.2 Å². The van der Waals surface area contributed by atoms with Gasteiger partial charge in [0.25, 0.3) is 6.43 Å². The molecule has 0 fully saturated rings. The summed E-state index contributed by atoms with van der Waals surface area (Å²) in [7, 11) is 1.12. The van der Waals surface area contributed by atoms with Crippen molar-refractivity contribution in [2.24, 2.45) is 0 Å². The van der Waals surface area contributed by atoms with E-state index >= 15 is 0 Å². The first-order valence-electron chi connectivity index (χ1n) is 3.24. The molecule has 0 aliphatic heterocycles. The van der Waals surface area contributed by atoms with E-state index in [1.54, 1.807) is 0 Å². The Morgan fingerprint density at radius 3 is 2.54 bits per heavy atom. The van der Waals surface area contributed by atoms with Gasteiger partial charge in [-0.15, -0.1) is 0 Å². The first-order chi connectivity index (χ1) is 6.07. The average Bonchev–Trinajstić information content (AvgIpc) is 2.07. The van der Waals surface area contributed by atoms with Gasteiger partial charge in [0, 0.05) is 0 Å². The van der Waals surface area contributed by atoms with Gasteiger partial charge in [-0.05, 0) is 0 Å². The topological polar surface area (TPSA) is 22.1 Å². The molecule has 0 amide bonds. The van der Waals surface area contributed by atoms with Crippen LogP contribution in [0, 0.1) is 5.82 Å². The van der Waals surface area contributed by atoms with Crippen molar-refractivity contribution in [3.63, 3.8) is 0 Å². The van der Waals surface area contributed by atoms with Gasteiger partial charge in [-0.3, -0.25) is 0 Å². The Bertz CT molecular complexity index is 319. The molecule has 0 unspecified atom stereocenters. The molecule has 0 radical (unpaired) electrons. The maximum atomic E-state index is 12.8. The molecule has 6 heteroatoms. The van der Waals surface area contributed by atoms with E-state index in [-0.39, 0.29) is 5.15 Å². The van der Waals surface area contributed by atoms with Gasteiger partial charge < -0.3 is 4.74 Å². The van der Waals surface area contributed by atoms with Crippen LogP contribution < -0.4 is 4.74 Å². The standard InChI is InChI=1S/C7H5ClF3NO/c1-13-5-4(7(10)11)3(9)2-12-6(5)8/h2,7H,1H3. The van der Waals surface area contributed by atoms with Gasteiger partial charge in [0.1, 0.15) is 5.56 Å². The van der Waals surface area contributed by atoms with Crippen molar-refractivity contribution in [3.8, 4) is 5.75 Å². The first kappa shape index (κ1) is 10.1. The number of rotatable bonds is 2. The SMILES string of the molecule is COc1c(Cl)ncc(F)c1C(F)F. The van der Waals surface area contributed by atoms with Crippen LogP contribution in [0.15, 0.2) is 6.20 Å². The summed E-state index contributed by atoms with van der Waals surface area (Å²) < 4.78 is 41.8. The van der Waals surface area contributed by atoms with Gasteiger partial charge in [0.15, 0.2) is 16.7 Å². The van der Waals surface area contributed by atoms with E-state index in [2.05, 4.69) is 9.72 Å². The second kappa shape index (κ2) is 3.83. The number of nitrogens with zero attached hydrogens (tertiary/aromatic N) is 1. The summed E-state index contributed by atoms with van der Waals surface area (Å²) in [4.78, 5) is 3.32. The van der Waals surface area contributed by atoms with E-state index in [1.807, 2.05) is 0 Å². The van der Waals surface area contributed by atoms with Crippen molar-refractivity contribution in [2.75, 3.05) is 7.11 Å². The molecule has 0 bridgehead atoms. The number of aromatic nitrogens is 1. The molecule has 1 rings (SSSR count). The summed E-state index contributed by atoms with van der Waals surface area (Å²) in [6.45, 7) is 0. The molecule has 72 valence electrons. The number of ether oxygens (including phenoxy) is 1. The molecule has 0 saturated carbocycles. The largest absolute Gasteiger partial charge is 0.493 e. The molecule has 1 aromatic rings. The van der Waals surface area contributed by atoms with Crippen LogP contribution in [0.25, 0.3) is 0 Å². The van der Waals surface area contributed by atoms with Crippen molar-refractivity contribution in [1.29, 1.82) is 0 Å². The minimum Gasteiger partial charge on any atom is -0.493 e. The Morgan fingerprint density at radius 1 is 1.54 bits per heavy atom. The van der Waals surface area contributed by atoms with Crippen molar-refractivity contribution in [2.45, 2.75) is 6.43 Å². The van der Waals surface area contributed by atoms with E-state index in [1.165, 1.54) is 0 Å². The molecular weight excluding hydrogens is 207 g/mol. The normalized spacial score (nSPS) is 10.6. The fourth-order valence-electron chi connectivity index (χ4n) is 0.859. The van der Waals surface area contributed by atoms with Gasteiger partial charge in [0.2, 0.25) is 0 Å². The molecule has 0 atom stereocenters. The zero-order valence-electron chi connectivity index (χ0n) is 6.52. The predicted octanol–water partition coefficient (Wildman–Crippen LogP) is 2.82. The third-order valence-corrected chi connectivity index (χ3v) is 1.67. The predicted molar refractivity (Wildman–Crippen MR) is 40.7 cm³/mol. The van der Waals surface area contributed by atoms with Crippen LogP contribution in [-0.2, 0) is 0 Å². The van der Waals surface area contributed by atoms with Crippen LogP contribution in [0.3, 0.4) is 0 Å². The Kier molecular flexibility index (Phi) is 2.98. The second-order valence-corrected chi connectivity index (χ2v) is 2.50. The average molecular weight is 212 g/mol. The molecule has 2 nitrogen and oxygen atoms in total. The Balaban J connectivity index is 3.35. The van der Waals surface area contributed by atoms with Gasteiger partial charge in [-0.1, -0.05) is 11.6 Å². The van der Waals surface area contributed by atoms with E-state index in [0.717, 1.165) is 7.11 Å². The highest BCUT2D eigenvalue weighted by Gasteiger charge is 2.22. The minimum atomic E-state index is -2.98. The maximum absolute atomic E-state index is 12.8. The summed E-state index contributed by atoms with van der Waals surface area (Å²) in [5, 5.41) is -0.279. The fourth-order valence-corrected chi connectivity index (χ4v) is 1.09. The van der Waals surface area contributed by atoms with Gasteiger partial charge in [-0.2, -0.15) is 0 Å². The fraction of sp³-hybridized carbons (Fsp3) is 0.286. The molecule has 1 aromatic heterocycles. The highest BCUT2D eigenvalue weighted by molar-refractivity contribution is 6.30. The van der Waals surface area contributed by atoms with E-state index in [9.17, 15) is 13.2 Å². The summed E-state index contributed by atoms with van der Waals surface area (Å²) in [5.74, 6) is -1.55. The van der Waals surface area contributed by atoms with Gasteiger partial charge >= 0.3 is 0 Å². The third kappa shape index (κ3) is 1.85. The zero-order chi connectivity index (χ0) is 10.0. The molecule has 13 heavy (non-hydrogen) atoms. The molecular formula is C7H5ClF3NO. The van der Waals surface area contributed by atoms with Gasteiger partial charge in [-0.25, -0.2) is 18.2 Å². The summed E-state index contributed by atoms with van der Waals surface area (Å²) in [6, 6.07) is 0. The van der Waals surface area contributed by atoms with Gasteiger partial charge in [0.05, 0.1) is 13.3 Å². The zero-order valence-corrected chi connectivity index (χ0v) is 7.28. The highest BCUT2D eigenvalue weighted by atomic mass is 35.5. The number of pyridine rings is 1. The van der Waals surface area contributed by atoms with E-state index in [0.29, 0.717) is 6.20 Å². The summed E-state index contributed by atoms with van der Waals surface area (Å²) in [6.07, 6.45) is -2.35. The first-order valence-corrected chi connectivity index (χ1v) is 3.61. The lowest BCUT2D eigenvalue weighted by Gasteiger charge is -2.08. The lowest BCUT2D eigenvalue weighted by molar-refractivity contribution is 0.141. The molecule has 1 heterocycles. The van der Waals surface area contributed by atoms with Crippen LogP contribution in [-0.4, -0.2) is 12.1 Å². The molecule has 0 aliphatic carbocycles. The molecule has 0 N–H and O–H groups in total.